The summed E-state index contributed by atoms with van der Waals surface area (Å²) in [5.74, 6) is -1.22. The maximum atomic E-state index is 13.7. The van der Waals surface area contributed by atoms with Crippen molar-refractivity contribution in [1.82, 2.24) is 9.62 Å². The molecule has 0 spiro atoms. The molecule has 26 heavy (non-hydrogen) atoms. The van der Waals surface area contributed by atoms with Gasteiger partial charge in [0.15, 0.2) is 0 Å². The number of hydrogen-bond acceptors (Lipinski definition) is 3. The van der Waals surface area contributed by atoms with Gasteiger partial charge in [-0.1, -0.05) is 18.2 Å². The Morgan fingerprint density at radius 2 is 1.81 bits per heavy atom. The molecule has 5 nitrogen and oxygen atoms in total. The van der Waals surface area contributed by atoms with E-state index >= 15 is 0 Å². The molecular weight excluding hydrogens is 362 g/mol. The summed E-state index contributed by atoms with van der Waals surface area (Å²) < 4.78 is 53.9. The molecule has 1 N–H and O–H groups in total. The minimum absolute atomic E-state index is 0.0411. The molecule has 0 aromatic heterocycles. The summed E-state index contributed by atoms with van der Waals surface area (Å²) in [7, 11) is -3.83. The third-order valence-electron chi connectivity index (χ3n) is 3.88. The number of rotatable bonds is 7. The largest absolute Gasteiger partial charge is 0.337 e. The normalized spacial score (nSPS) is 11.4. The van der Waals surface area contributed by atoms with E-state index in [4.69, 9.17) is 0 Å². The third kappa shape index (κ3) is 5.09. The van der Waals surface area contributed by atoms with E-state index in [1.807, 2.05) is 0 Å². The van der Waals surface area contributed by atoms with Gasteiger partial charge in [-0.15, -0.1) is 0 Å². The van der Waals surface area contributed by atoms with E-state index in [2.05, 4.69) is 4.72 Å². The number of carbonyl (C=O) groups is 1. The van der Waals surface area contributed by atoms with E-state index in [1.165, 1.54) is 36.9 Å². The topological polar surface area (TPSA) is 66.5 Å². The fourth-order valence-electron chi connectivity index (χ4n) is 2.36. The molecule has 0 aliphatic rings. The second kappa shape index (κ2) is 8.37. The summed E-state index contributed by atoms with van der Waals surface area (Å²) in [6, 6.07) is 9.58. The highest BCUT2D eigenvalue weighted by Crippen LogP contribution is 2.14. The van der Waals surface area contributed by atoms with Crippen LogP contribution in [0.4, 0.5) is 8.78 Å². The first-order valence-corrected chi connectivity index (χ1v) is 9.44. The zero-order valence-electron chi connectivity index (χ0n) is 14.5. The van der Waals surface area contributed by atoms with Gasteiger partial charge in [0.25, 0.3) is 0 Å². The number of sulfonamides is 1. The standard InChI is InChI=1S/C18H20F2N2O3S/c1-13-11-16(7-8-17(13)19)26(24,25)21-9-10-22(14(2)23)12-15-5-3-4-6-18(15)20/h3-8,11,21H,9-10,12H2,1-2H3. The lowest BCUT2D eigenvalue weighted by Crippen LogP contribution is -2.37. The van der Waals surface area contributed by atoms with Crippen molar-refractivity contribution >= 4 is 15.9 Å². The Morgan fingerprint density at radius 1 is 1.12 bits per heavy atom. The number of nitrogens with zero attached hydrogens (tertiary/aromatic N) is 1. The average molecular weight is 382 g/mol. The lowest BCUT2D eigenvalue weighted by atomic mass is 10.2. The Balaban J connectivity index is 2.02. The molecule has 0 radical (unpaired) electrons. The van der Waals surface area contributed by atoms with Crippen LogP contribution in [0.2, 0.25) is 0 Å². The number of aryl methyl sites for hydroxylation is 1. The molecule has 0 saturated carbocycles. The third-order valence-corrected chi connectivity index (χ3v) is 5.34. The lowest BCUT2D eigenvalue weighted by Gasteiger charge is -2.21. The van der Waals surface area contributed by atoms with Crippen LogP contribution in [0.15, 0.2) is 47.4 Å². The summed E-state index contributed by atoms with van der Waals surface area (Å²) >= 11 is 0. The van der Waals surface area contributed by atoms with Gasteiger partial charge < -0.3 is 4.90 Å². The van der Waals surface area contributed by atoms with Crippen molar-refractivity contribution in [2.24, 2.45) is 0 Å². The van der Waals surface area contributed by atoms with Crippen LogP contribution >= 0.6 is 0 Å². The van der Waals surface area contributed by atoms with E-state index in [9.17, 15) is 22.0 Å². The number of amides is 1. The molecule has 0 heterocycles. The smallest absolute Gasteiger partial charge is 0.240 e. The summed E-state index contributed by atoms with van der Waals surface area (Å²) in [5, 5.41) is 0. The van der Waals surface area contributed by atoms with Crippen LogP contribution in [-0.2, 0) is 21.4 Å². The summed E-state index contributed by atoms with van der Waals surface area (Å²) in [4.78, 5) is 13.0. The number of benzene rings is 2. The zero-order valence-corrected chi connectivity index (χ0v) is 15.3. The van der Waals surface area contributed by atoms with Crippen molar-refractivity contribution in [1.29, 1.82) is 0 Å². The molecule has 2 aromatic rings. The van der Waals surface area contributed by atoms with Gasteiger partial charge in [-0.3, -0.25) is 4.79 Å². The second-order valence-corrected chi connectivity index (χ2v) is 7.61. The van der Waals surface area contributed by atoms with Gasteiger partial charge in [-0.2, -0.15) is 0 Å². The quantitative estimate of drug-likeness (QED) is 0.801. The zero-order chi connectivity index (χ0) is 19.3. The maximum Gasteiger partial charge on any atom is 0.240 e. The van der Waals surface area contributed by atoms with Crippen LogP contribution in [0.1, 0.15) is 18.1 Å². The molecule has 0 fully saturated rings. The minimum atomic E-state index is -3.83. The van der Waals surface area contributed by atoms with Crippen molar-refractivity contribution in [3.05, 3.63) is 65.2 Å². The number of halogens is 2. The van der Waals surface area contributed by atoms with E-state index in [0.29, 0.717) is 5.56 Å². The van der Waals surface area contributed by atoms with Gasteiger partial charge in [0, 0.05) is 32.1 Å². The van der Waals surface area contributed by atoms with Gasteiger partial charge in [-0.05, 0) is 36.8 Å². The molecule has 0 aliphatic heterocycles. The number of nitrogens with one attached hydrogen (secondary N) is 1. The van der Waals surface area contributed by atoms with Gasteiger partial charge in [0.1, 0.15) is 11.6 Å². The van der Waals surface area contributed by atoms with Crippen molar-refractivity contribution in [3.63, 3.8) is 0 Å². The maximum absolute atomic E-state index is 13.7. The first-order valence-electron chi connectivity index (χ1n) is 7.95. The molecule has 2 rings (SSSR count). The monoisotopic (exact) mass is 382 g/mol. The van der Waals surface area contributed by atoms with E-state index in [-0.39, 0.29) is 36.0 Å². The van der Waals surface area contributed by atoms with Crippen LogP contribution in [0.25, 0.3) is 0 Å². The molecule has 0 atom stereocenters. The van der Waals surface area contributed by atoms with Crippen LogP contribution in [0.5, 0.6) is 0 Å². The van der Waals surface area contributed by atoms with Gasteiger partial charge in [0.2, 0.25) is 15.9 Å². The first-order chi connectivity index (χ1) is 12.2. The molecule has 0 saturated heterocycles. The van der Waals surface area contributed by atoms with Crippen molar-refractivity contribution in [2.75, 3.05) is 13.1 Å². The predicted octanol–water partition coefficient (Wildman–Crippen LogP) is 2.60. The first kappa shape index (κ1) is 20.0. The van der Waals surface area contributed by atoms with Crippen LogP contribution in [0.3, 0.4) is 0 Å². The summed E-state index contributed by atoms with van der Waals surface area (Å²) in [6.07, 6.45) is 0. The van der Waals surface area contributed by atoms with Crippen LogP contribution < -0.4 is 4.72 Å². The molecule has 8 heteroatoms. The highest BCUT2D eigenvalue weighted by Gasteiger charge is 2.17. The Hall–Kier alpha value is -2.32. The molecule has 0 bridgehead atoms. The molecule has 1 amide bonds. The van der Waals surface area contributed by atoms with Gasteiger partial charge >= 0.3 is 0 Å². The van der Waals surface area contributed by atoms with E-state index < -0.39 is 21.7 Å². The van der Waals surface area contributed by atoms with Gasteiger partial charge in [0.05, 0.1) is 4.90 Å². The van der Waals surface area contributed by atoms with Crippen molar-refractivity contribution in [3.8, 4) is 0 Å². The Bertz CT molecular complexity index is 901. The predicted molar refractivity (Wildman–Crippen MR) is 93.8 cm³/mol. The summed E-state index contributed by atoms with van der Waals surface area (Å²) in [6.45, 7) is 2.87. The average Bonchev–Trinajstić information content (AvgIpc) is 2.57. The molecule has 2 aromatic carbocycles. The fraction of sp³-hybridized carbons (Fsp3) is 0.278. The summed E-state index contributed by atoms with van der Waals surface area (Å²) in [5.41, 5.74) is 0.567. The Morgan fingerprint density at radius 3 is 2.42 bits per heavy atom. The van der Waals surface area contributed by atoms with Crippen LogP contribution in [0, 0.1) is 18.6 Å². The minimum Gasteiger partial charge on any atom is -0.337 e. The molecule has 140 valence electrons. The SMILES string of the molecule is CC(=O)N(CCNS(=O)(=O)c1ccc(F)c(C)c1)Cc1ccccc1F. The Labute approximate surface area is 151 Å². The van der Waals surface area contributed by atoms with Crippen molar-refractivity contribution < 1.29 is 22.0 Å². The lowest BCUT2D eigenvalue weighted by molar-refractivity contribution is -0.129. The van der Waals surface area contributed by atoms with E-state index in [1.54, 1.807) is 18.2 Å². The Kier molecular flexibility index (Phi) is 6.44. The second-order valence-electron chi connectivity index (χ2n) is 5.84. The molecule has 0 unspecified atom stereocenters. The molecular formula is C18H20F2N2O3S. The molecule has 0 aliphatic carbocycles. The van der Waals surface area contributed by atoms with Gasteiger partial charge in [-0.25, -0.2) is 21.9 Å². The number of carbonyl (C=O) groups excluding carboxylic acids is 1. The fourth-order valence-corrected chi connectivity index (χ4v) is 3.47. The highest BCUT2D eigenvalue weighted by atomic mass is 32.2. The van der Waals surface area contributed by atoms with E-state index in [0.717, 1.165) is 6.07 Å². The number of hydrogen-bond donors (Lipinski definition) is 1. The highest BCUT2D eigenvalue weighted by molar-refractivity contribution is 7.89. The van der Waals surface area contributed by atoms with Crippen LogP contribution in [-0.4, -0.2) is 32.3 Å². The van der Waals surface area contributed by atoms with Crippen molar-refractivity contribution in [2.45, 2.75) is 25.3 Å².